The van der Waals surface area contributed by atoms with Gasteiger partial charge in [0, 0.05) is 43.4 Å². The Hall–Kier alpha value is -3.90. The number of alkyl halides is 2. The van der Waals surface area contributed by atoms with Crippen LogP contribution in [0, 0.1) is 6.92 Å². The normalized spacial score (nSPS) is 21.9. The fourth-order valence-electron chi connectivity index (χ4n) is 6.02. The van der Waals surface area contributed by atoms with E-state index in [1.807, 2.05) is 0 Å². The maximum absolute atomic E-state index is 13.2. The third-order valence-corrected chi connectivity index (χ3v) is 8.14. The molecule has 2 fully saturated rings. The number of carbonyl (C=O) groups excluding carboxylic acids is 1. The molecule has 0 bridgehead atoms. The molecule has 0 aromatic carbocycles. The highest BCUT2D eigenvalue weighted by Crippen LogP contribution is 2.38. The van der Waals surface area contributed by atoms with E-state index < -0.39 is 13.0 Å². The molecule has 1 saturated carbocycles. The summed E-state index contributed by atoms with van der Waals surface area (Å²) < 4.78 is 27.7. The average molecular weight is 539 g/mol. The molecule has 1 aliphatic carbocycles. The molecular weight excluding hydrogens is 506 g/mol. The number of rotatable bonds is 7. The molecule has 39 heavy (non-hydrogen) atoms. The van der Waals surface area contributed by atoms with Gasteiger partial charge in [-0.15, -0.1) is 0 Å². The van der Waals surface area contributed by atoms with E-state index in [0.717, 1.165) is 44.0 Å². The number of aromatic nitrogens is 7. The first-order valence-corrected chi connectivity index (χ1v) is 13.4. The van der Waals surface area contributed by atoms with Crippen molar-refractivity contribution < 1.29 is 13.6 Å². The maximum atomic E-state index is 13.2. The summed E-state index contributed by atoms with van der Waals surface area (Å²) in [4.78, 5) is 40.4. The van der Waals surface area contributed by atoms with Crippen molar-refractivity contribution in [2.75, 3.05) is 24.2 Å². The molecule has 0 spiro atoms. The van der Waals surface area contributed by atoms with Crippen LogP contribution in [0.2, 0.25) is 0 Å². The SMILES string of the molecule is CNc1nc(NC2CCC(C)(N3CCCC3=O)CC2)nc2[nH]cc(-c3cnc4nc(C)n(CC(F)F)c4n3)c12. The molecule has 5 heterocycles. The number of fused-ring (bicyclic) bond motifs is 2. The molecule has 2 aliphatic rings. The van der Waals surface area contributed by atoms with Gasteiger partial charge in [0.25, 0.3) is 6.43 Å². The highest BCUT2D eigenvalue weighted by molar-refractivity contribution is 6.01. The molecule has 1 amide bonds. The Bertz CT molecular complexity index is 1540. The van der Waals surface area contributed by atoms with Gasteiger partial charge in [0.15, 0.2) is 11.3 Å². The first-order chi connectivity index (χ1) is 18.8. The van der Waals surface area contributed by atoms with Gasteiger partial charge in [0.1, 0.15) is 17.3 Å². The standard InChI is InChI=1S/C26H32F2N10O/c1-14-32-23-24(37(14)13-18(27)28)34-17(12-31-23)16-11-30-22-20(16)21(29-3)35-25(36-22)33-15-6-8-26(2,9-7-15)38-10-4-5-19(38)39/h11-12,15,18H,4-10,13H2,1-3H3,(H3,29,30,33,35,36). The summed E-state index contributed by atoms with van der Waals surface area (Å²) in [6.45, 7) is 4.23. The van der Waals surface area contributed by atoms with E-state index in [9.17, 15) is 13.6 Å². The molecule has 13 heteroatoms. The van der Waals surface area contributed by atoms with Gasteiger partial charge in [-0.3, -0.25) is 4.79 Å². The van der Waals surface area contributed by atoms with E-state index in [4.69, 9.17) is 9.97 Å². The molecule has 11 nitrogen and oxygen atoms in total. The molecule has 4 aromatic heterocycles. The summed E-state index contributed by atoms with van der Waals surface area (Å²) >= 11 is 0. The second-order valence-electron chi connectivity index (χ2n) is 10.7. The van der Waals surface area contributed by atoms with Crippen molar-refractivity contribution in [2.45, 2.75) is 76.9 Å². The number of imidazole rings is 1. The second kappa shape index (κ2) is 9.69. The molecular formula is C26H32F2N10O. The van der Waals surface area contributed by atoms with Gasteiger partial charge in [-0.2, -0.15) is 9.97 Å². The summed E-state index contributed by atoms with van der Waals surface area (Å²) in [5, 5.41) is 7.38. The largest absolute Gasteiger partial charge is 0.372 e. The summed E-state index contributed by atoms with van der Waals surface area (Å²) in [7, 11) is 1.79. The molecule has 1 saturated heterocycles. The van der Waals surface area contributed by atoms with Crippen LogP contribution in [0.4, 0.5) is 20.5 Å². The number of aryl methyl sites for hydroxylation is 1. The van der Waals surface area contributed by atoms with Gasteiger partial charge < -0.3 is 25.1 Å². The quantitative estimate of drug-likeness (QED) is 0.321. The maximum Gasteiger partial charge on any atom is 0.256 e. The second-order valence-corrected chi connectivity index (χ2v) is 10.7. The summed E-state index contributed by atoms with van der Waals surface area (Å²) in [5.74, 6) is 1.84. The smallest absolute Gasteiger partial charge is 0.256 e. The van der Waals surface area contributed by atoms with Crippen molar-refractivity contribution in [3.05, 3.63) is 18.2 Å². The van der Waals surface area contributed by atoms with Crippen LogP contribution in [0.15, 0.2) is 12.4 Å². The zero-order valence-electron chi connectivity index (χ0n) is 22.3. The number of aromatic amines is 1. The van der Waals surface area contributed by atoms with Crippen LogP contribution in [0.3, 0.4) is 0 Å². The van der Waals surface area contributed by atoms with E-state index >= 15 is 0 Å². The predicted molar refractivity (Wildman–Crippen MR) is 144 cm³/mol. The summed E-state index contributed by atoms with van der Waals surface area (Å²) in [5.41, 5.74) is 2.39. The molecule has 4 aromatic rings. The predicted octanol–water partition coefficient (Wildman–Crippen LogP) is 4.12. The number of hydrogen-bond donors (Lipinski definition) is 3. The van der Waals surface area contributed by atoms with E-state index in [1.54, 1.807) is 26.4 Å². The van der Waals surface area contributed by atoms with Gasteiger partial charge in [0.05, 0.1) is 23.8 Å². The first-order valence-electron chi connectivity index (χ1n) is 13.4. The van der Waals surface area contributed by atoms with Crippen molar-refractivity contribution in [3.8, 4) is 11.3 Å². The Morgan fingerprint density at radius 3 is 2.69 bits per heavy atom. The fraction of sp³-hybridized carbons (Fsp3) is 0.538. The van der Waals surface area contributed by atoms with E-state index in [-0.39, 0.29) is 17.5 Å². The van der Waals surface area contributed by atoms with Crippen molar-refractivity contribution in [2.24, 2.45) is 0 Å². The highest BCUT2D eigenvalue weighted by atomic mass is 19.3. The molecule has 206 valence electrons. The molecule has 0 radical (unpaired) electrons. The number of amides is 1. The molecule has 0 atom stereocenters. The van der Waals surface area contributed by atoms with Gasteiger partial charge in [-0.25, -0.2) is 23.7 Å². The van der Waals surface area contributed by atoms with Gasteiger partial charge in [-0.05, 0) is 46.0 Å². The van der Waals surface area contributed by atoms with Crippen molar-refractivity contribution in [3.63, 3.8) is 0 Å². The molecule has 1 aliphatic heterocycles. The minimum Gasteiger partial charge on any atom is -0.372 e. The summed E-state index contributed by atoms with van der Waals surface area (Å²) in [6.07, 6.45) is 6.17. The summed E-state index contributed by atoms with van der Waals surface area (Å²) in [6, 6.07) is 0.207. The van der Waals surface area contributed by atoms with Crippen LogP contribution in [-0.4, -0.2) is 76.9 Å². The molecule has 3 N–H and O–H groups in total. The molecule has 0 unspecified atom stereocenters. The first kappa shape index (κ1) is 25.4. The minimum absolute atomic E-state index is 0.0769. The lowest BCUT2D eigenvalue weighted by atomic mass is 9.79. The minimum atomic E-state index is -2.53. The van der Waals surface area contributed by atoms with Gasteiger partial charge in [-0.1, -0.05) is 0 Å². The van der Waals surface area contributed by atoms with Crippen molar-refractivity contribution in [1.29, 1.82) is 0 Å². The van der Waals surface area contributed by atoms with Crippen LogP contribution < -0.4 is 10.6 Å². The van der Waals surface area contributed by atoms with Crippen LogP contribution in [0.1, 0.15) is 51.3 Å². The van der Waals surface area contributed by atoms with Crippen LogP contribution in [0.5, 0.6) is 0 Å². The lowest BCUT2D eigenvalue weighted by Crippen LogP contribution is -2.50. The number of H-pyrrole nitrogens is 1. The van der Waals surface area contributed by atoms with Crippen LogP contribution in [-0.2, 0) is 11.3 Å². The van der Waals surface area contributed by atoms with Crippen LogP contribution in [0.25, 0.3) is 33.6 Å². The Labute approximate surface area is 223 Å². The number of likely N-dealkylation sites (tertiary alicyclic amines) is 1. The third kappa shape index (κ3) is 4.53. The highest BCUT2D eigenvalue weighted by Gasteiger charge is 2.40. The lowest BCUT2D eigenvalue weighted by molar-refractivity contribution is -0.133. The number of halogens is 2. The topological polar surface area (TPSA) is 130 Å². The Kier molecular flexibility index (Phi) is 6.31. The number of hydrogen-bond acceptors (Lipinski definition) is 8. The zero-order valence-corrected chi connectivity index (χ0v) is 22.3. The van der Waals surface area contributed by atoms with E-state index in [1.165, 1.54) is 4.57 Å². The number of carbonyl (C=O) groups is 1. The van der Waals surface area contributed by atoms with Crippen LogP contribution >= 0.6 is 0 Å². The monoisotopic (exact) mass is 538 g/mol. The Morgan fingerprint density at radius 2 is 2.00 bits per heavy atom. The average Bonchev–Trinajstić information content (AvgIpc) is 3.62. The Morgan fingerprint density at radius 1 is 1.21 bits per heavy atom. The number of nitrogens with one attached hydrogen (secondary N) is 3. The van der Waals surface area contributed by atoms with Crippen molar-refractivity contribution >= 4 is 40.0 Å². The lowest BCUT2D eigenvalue weighted by Gasteiger charge is -2.44. The third-order valence-electron chi connectivity index (χ3n) is 8.14. The fourth-order valence-corrected chi connectivity index (χ4v) is 6.02. The van der Waals surface area contributed by atoms with Crippen molar-refractivity contribution in [1.82, 2.24) is 39.4 Å². The number of nitrogens with zero attached hydrogens (tertiary/aromatic N) is 7. The van der Waals surface area contributed by atoms with E-state index in [0.29, 0.717) is 52.2 Å². The Balaban J connectivity index is 1.26. The zero-order chi connectivity index (χ0) is 27.3. The van der Waals surface area contributed by atoms with Gasteiger partial charge >= 0.3 is 0 Å². The van der Waals surface area contributed by atoms with Gasteiger partial charge in [0.2, 0.25) is 11.9 Å². The van der Waals surface area contributed by atoms with E-state index in [2.05, 4.69) is 42.4 Å². The molecule has 6 rings (SSSR count). The number of anilines is 2.